The number of aromatic nitrogens is 2. The lowest BCUT2D eigenvalue weighted by Crippen LogP contribution is -2.16. The van der Waals surface area contributed by atoms with Crippen LogP contribution in [-0.4, -0.2) is 42.6 Å². The zero-order valence-electron chi connectivity index (χ0n) is 11.2. The van der Waals surface area contributed by atoms with E-state index in [9.17, 15) is 8.42 Å². The molecule has 0 unspecified atom stereocenters. The SMILES string of the molecule is CCNCCc1cn(CCCS(=O)(=O)CC)cn1. The maximum Gasteiger partial charge on any atom is 0.150 e. The fourth-order valence-electron chi connectivity index (χ4n) is 1.66. The molecule has 1 aromatic rings. The van der Waals surface area contributed by atoms with Gasteiger partial charge in [-0.3, -0.25) is 0 Å². The molecule has 104 valence electrons. The molecule has 0 aliphatic heterocycles. The molecule has 18 heavy (non-hydrogen) atoms. The van der Waals surface area contributed by atoms with E-state index in [0.29, 0.717) is 13.0 Å². The van der Waals surface area contributed by atoms with Crippen molar-refractivity contribution in [1.29, 1.82) is 0 Å². The molecule has 1 heterocycles. The van der Waals surface area contributed by atoms with Gasteiger partial charge in [0.1, 0.15) is 9.84 Å². The third-order valence-electron chi connectivity index (χ3n) is 2.81. The second kappa shape index (κ2) is 7.53. The van der Waals surface area contributed by atoms with Gasteiger partial charge in [0.2, 0.25) is 0 Å². The first-order chi connectivity index (χ1) is 8.57. The lowest BCUT2D eigenvalue weighted by atomic mass is 10.3. The maximum absolute atomic E-state index is 11.3. The standard InChI is InChI=1S/C12H23N3O2S/c1-3-13-7-6-12-10-15(11-14-12)8-5-9-18(16,17)4-2/h10-11,13H,3-9H2,1-2H3. The van der Waals surface area contributed by atoms with Gasteiger partial charge in [-0.15, -0.1) is 0 Å². The highest BCUT2D eigenvalue weighted by Crippen LogP contribution is 2.01. The van der Waals surface area contributed by atoms with Crippen molar-refractivity contribution in [2.24, 2.45) is 0 Å². The molecule has 1 aromatic heterocycles. The lowest BCUT2D eigenvalue weighted by molar-refractivity contribution is 0.587. The number of hydrogen-bond donors (Lipinski definition) is 1. The minimum Gasteiger partial charge on any atom is -0.337 e. The Bertz CT molecular complexity index is 440. The van der Waals surface area contributed by atoms with Crippen LogP contribution in [0.1, 0.15) is 26.0 Å². The molecule has 6 heteroatoms. The summed E-state index contributed by atoms with van der Waals surface area (Å²) in [6.07, 6.45) is 5.34. The Labute approximate surface area is 110 Å². The van der Waals surface area contributed by atoms with Gasteiger partial charge in [0, 0.05) is 31.5 Å². The fraction of sp³-hybridized carbons (Fsp3) is 0.750. The Morgan fingerprint density at radius 2 is 2.17 bits per heavy atom. The topological polar surface area (TPSA) is 64.0 Å². The van der Waals surface area contributed by atoms with Crippen molar-refractivity contribution in [2.75, 3.05) is 24.6 Å². The first kappa shape index (κ1) is 15.2. The van der Waals surface area contributed by atoms with E-state index in [1.165, 1.54) is 0 Å². The van der Waals surface area contributed by atoms with E-state index in [1.807, 2.05) is 10.8 Å². The molecule has 1 rings (SSSR count). The molecule has 5 nitrogen and oxygen atoms in total. The van der Waals surface area contributed by atoms with Gasteiger partial charge in [-0.25, -0.2) is 13.4 Å². The van der Waals surface area contributed by atoms with Gasteiger partial charge >= 0.3 is 0 Å². The number of nitrogens with one attached hydrogen (secondary N) is 1. The van der Waals surface area contributed by atoms with Crippen LogP contribution < -0.4 is 5.32 Å². The summed E-state index contributed by atoms with van der Waals surface area (Å²) in [5, 5.41) is 3.25. The van der Waals surface area contributed by atoms with Gasteiger partial charge in [-0.05, 0) is 13.0 Å². The number of imidazole rings is 1. The quantitative estimate of drug-likeness (QED) is 0.678. The Balaban J connectivity index is 2.31. The van der Waals surface area contributed by atoms with Crippen LogP contribution in [0.15, 0.2) is 12.5 Å². The maximum atomic E-state index is 11.3. The van der Waals surface area contributed by atoms with Gasteiger partial charge in [0.15, 0.2) is 0 Å². The van der Waals surface area contributed by atoms with Gasteiger partial charge in [0.05, 0.1) is 17.8 Å². The zero-order valence-corrected chi connectivity index (χ0v) is 12.0. The average Bonchev–Trinajstić information content (AvgIpc) is 2.77. The van der Waals surface area contributed by atoms with Gasteiger partial charge in [0.25, 0.3) is 0 Å². The highest BCUT2D eigenvalue weighted by molar-refractivity contribution is 7.91. The largest absolute Gasteiger partial charge is 0.337 e. The van der Waals surface area contributed by atoms with Crippen molar-refractivity contribution in [3.05, 3.63) is 18.2 Å². The highest BCUT2D eigenvalue weighted by atomic mass is 32.2. The van der Waals surface area contributed by atoms with E-state index in [2.05, 4.69) is 17.2 Å². The molecule has 0 saturated carbocycles. The highest BCUT2D eigenvalue weighted by Gasteiger charge is 2.06. The molecule has 0 bridgehead atoms. The first-order valence-electron chi connectivity index (χ1n) is 6.49. The van der Waals surface area contributed by atoms with Crippen LogP contribution >= 0.6 is 0 Å². The van der Waals surface area contributed by atoms with Crippen molar-refractivity contribution in [1.82, 2.24) is 14.9 Å². The summed E-state index contributed by atoms with van der Waals surface area (Å²) < 4.78 is 24.6. The lowest BCUT2D eigenvalue weighted by Gasteiger charge is -2.02. The second-order valence-corrected chi connectivity index (χ2v) is 6.77. The van der Waals surface area contributed by atoms with Crippen molar-refractivity contribution in [3.63, 3.8) is 0 Å². The van der Waals surface area contributed by atoms with E-state index >= 15 is 0 Å². The van der Waals surface area contributed by atoms with Gasteiger partial charge < -0.3 is 9.88 Å². The van der Waals surface area contributed by atoms with Gasteiger partial charge in [-0.2, -0.15) is 0 Å². The Morgan fingerprint density at radius 3 is 2.83 bits per heavy atom. The van der Waals surface area contributed by atoms with E-state index in [0.717, 1.165) is 25.2 Å². The molecular weight excluding hydrogens is 250 g/mol. The number of aryl methyl sites for hydroxylation is 1. The zero-order chi connectivity index (χ0) is 13.4. The van der Waals surface area contributed by atoms with Crippen LogP contribution in [0.25, 0.3) is 0 Å². The number of sulfone groups is 1. The van der Waals surface area contributed by atoms with Crippen molar-refractivity contribution in [2.45, 2.75) is 33.2 Å². The van der Waals surface area contributed by atoms with Crippen LogP contribution in [0, 0.1) is 0 Å². The predicted octanol–water partition coefficient (Wildman–Crippen LogP) is 0.860. The van der Waals surface area contributed by atoms with Crippen molar-refractivity contribution >= 4 is 9.84 Å². The van der Waals surface area contributed by atoms with Crippen molar-refractivity contribution < 1.29 is 8.42 Å². The minimum atomic E-state index is -2.84. The number of nitrogens with zero attached hydrogens (tertiary/aromatic N) is 2. The van der Waals surface area contributed by atoms with E-state index in [4.69, 9.17) is 0 Å². The number of hydrogen-bond acceptors (Lipinski definition) is 4. The van der Waals surface area contributed by atoms with E-state index in [-0.39, 0.29) is 11.5 Å². The summed E-state index contributed by atoms with van der Waals surface area (Å²) in [4.78, 5) is 4.30. The van der Waals surface area contributed by atoms with Crippen LogP contribution in [0.4, 0.5) is 0 Å². The van der Waals surface area contributed by atoms with E-state index in [1.54, 1.807) is 13.3 Å². The normalized spacial score (nSPS) is 11.9. The summed E-state index contributed by atoms with van der Waals surface area (Å²) in [7, 11) is -2.84. The molecule has 0 spiro atoms. The summed E-state index contributed by atoms with van der Waals surface area (Å²) in [6, 6.07) is 0. The summed E-state index contributed by atoms with van der Waals surface area (Å²) in [5.41, 5.74) is 1.05. The first-order valence-corrected chi connectivity index (χ1v) is 8.31. The summed E-state index contributed by atoms with van der Waals surface area (Å²) in [6.45, 7) is 6.37. The molecule has 0 saturated heterocycles. The number of likely N-dealkylation sites (N-methyl/N-ethyl adjacent to an activating group) is 1. The second-order valence-electron chi connectivity index (χ2n) is 4.30. The monoisotopic (exact) mass is 273 g/mol. The molecule has 1 N–H and O–H groups in total. The summed E-state index contributed by atoms with van der Waals surface area (Å²) in [5.74, 6) is 0.485. The van der Waals surface area contributed by atoms with Crippen molar-refractivity contribution in [3.8, 4) is 0 Å². The Hall–Kier alpha value is -0.880. The van der Waals surface area contributed by atoms with Crippen LogP contribution in [0.3, 0.4) is 0 Å². The molecular formula is C12H23N3O2S. The molecule has 0 aliphatic rings. The summed E-state index contributed by atoms with van der Waals surface area (Å²) >= 11 is 0. The molecule has 0 aromatic carbocycles. The Morgan fingerprint density at radius 1 is 1.39 bits per heavy atom. The third kappa shape index (κ3) is 5.64. The Kier molecular flexibility index (Phi) is 6.35. The van der Waals surface area contributed by atoms with Gasteiger partial charge in [-0.1, -0.05) is 13.8 Å². The van der Waals surface area contributed by atoms with Crippen LogP contribution in [-0.2, 0) is 22.8 Å². The average molecular weight is 273 g/mol. The van der Waals surface area contributed by atoms with E-state index < -0.39 is 9.84 Å². The molecule has 0 fully saturated rings. The number of rotatable bonds is 9. The predicted molar refractivity (Wildman–Crippen MR) is 73.4 cm³/mol. The molecule has 0 amide bonds. The molecule has 0 radical (unpaired) electrons. The van der Waals surface area contributed by atoms with Crippen LogP contribution in [0.2, 0.25) is 0 Å². The molecule has 0 atom stereocenters. The van der Waals surface area contributed by atoms with Crippen LogP contribution in [0.5, 0.6) is 0 Å². The molecule has 0 aliphatic carbocycles. The smallest absolute Gasteiger partial charge is 0.150 e. The fourth-order valence-corrected chi connectivity index (χ4v) is 2.52. The third-order valence-corrected chi connectivity index (χ3v) is 4.60. The minimum absolute atomic E-state index is 0.227.